The van der Waals surface area contributed by atoms with Crippen LogP contribution < -0.4 is 5.32 Å². The Labute approximate surface area is 158 Å². The Hall–Kier alpha value is -3.52. The smallest absolute Gasteiger partial charge is 0.0496 e. The van der Waals surface area contributed by atoms with Gasteiger partial charge in [0, 0.05) is 45.8 Å². The molecule has 27 heavy (non-hydrogen) atoms. The Morgan fingerprint density at radius 2 is 1.52 bits per heavy atom. The summed E-state index contributed by atoms with van der Waals surface area (Å²) in [6.07, 6.45) is 1.96. The van der Waals surface area contributed by atoms with E-state index in [4.69, 9.17) is 0 Å². The molecule has 0 amide bonds. The summed E-state index contributed by atoms with van der Waals surface area (Å²) >= 11 is 0. The third kappa shape index (κ3) is 2.42. The lowest BCUT2D eigenvalue weighted by Crippen LogP contribution is -1.94. The number of benzene rings is 4. The predicted octanol–water partition coefficient (Wildman–Crippen LogP) is 6.87. The SMILES string of the molecule is C=Cc1c(Nc2ccccc2)ccc2c1c1cc3ccccc3cc1n2C. The molecule has 0 unspecified atom stereocenters. The highest BCUT2D eigenvalue weighted by molar-refractivity contribution is 6.16. The number of aromatic nitrogens is 1. The highest BCUT2D eigenvalue weighted by Crippen LogP contribution is 2.38. The maximum atomic E-state index is 4.11. The maximum absolute atomic E-state index is 4.11. The zero-order valence-electron chi connectivity index (χ0n) is 15.2. The zero-order chi connectivity index (χ0) is 18.4. The van der Waals surface area contributed by atoms with Crippen molar-refractivity contribution >= 4 is 50.0 Å². The van der Waals surface area contributed by atoms with E-state index in [2.05, 4.69) is 84.2 Å². The topological polar surface area (TPSA) is 17.0 Å². The van der Waals surface area contributed by atoms with Gasteiger partial charge in [0.05, 0.1) is 0 Å². The lowest BCUT2D eigenvalue weighted by molar-refractivity contribution is 1.02. The molecule has 0 aliphatic carbocycles. The van der Waals surface area contributed by atoms with Crippen molar-refractivity contribution in [2.45, 2.75) is 0 Å². The fourth-order valence-electron chi connectivity index (χ4n) is 4.00. The Morgan fingerprint density at radius 1 is 0.815 bits per heavy atom. The Kier molecular flexibility index (Phi) is 3.51. The van der Waals surface area contributed by atoms with E-state index < -0.39 is 0 Å². The van der Waals surface area contributed by atoms with Crippen LogP contribution in [-0.2, 0) is 7.05 Å². The van der Waals surface area contributed by atoms with Gasteiger partial charge in [0.15, 0.2) is 0 Å². The first-order chi connectivity index (χ1) is 13.3. The normalized spacial score (nSPS) is 11.3. The van der Waals surface area contributed by atoms with Gasteiger partial charge < -0.3 is 9.88 Å². The molecule has 2 heteroatoms. The van der Waals surface area contributed by atoms with Gasteiger partial charge in [0.2, 0.25) is 0 Å². The number of fused-ring (bicyclic) bond motifs is 4. The van der Waals surface area contributed by atoms with Crippen LogP contribution in [0.1, 0.15) is 5.56 Å². The van der Waals surface area contributed by atoms with Crippen LogP contribution in [0.25, 0.3) is 38.7 Å². The Balaban J connectivity index is 1.84. The summed E-state index contributed by atoms with van der Waals surface area (Å²) in [6, 6.07) is 27.7. The average molecular weight is 348 g/mol. The summed E-state index contributed by atoms with van der Waals surface area (Å²) in [4.78, 5) is 0. The van der Waals surface area contributed by atoms with E-state index in [0.29, 0.717) is 0 Å². The molecular formula is C25H20N2. The molecule has 0 spiro atoms. The fourth-order valence-corrected chi connectivity index (χ4v) is 4.00. The van der Waals surface area contributed by atoms with Crippen molar-refractivity contribution in [2.24, 2.45) is 7.05 Å². The van der Waals surface area contributed by atoms with Crippen molar-refractivity contribution in [2.75, 3.05) is 5.32 Å². The number of nitrogens with zero attached hydrogens (tertiary/aromatic N) is 1. The third-order valence-corrected chi connectivity index (χ3v) is 5.34. The summed E-state index contributed by atoms with van der Waals surface area (Å²) in [5.74, 6) is 0. The highest BCUT2D eigenvalue weighted by atomic mass is 14.9. The molecule has 1 aromatic heterocycles. The van der Waals surface area contributed by atoms with Crippen molar-refractivity contribution in [3.8, 4) is 0 Å². The maximum Gasteiger partial charge on any atom is 0.0496 e. The molecule has 0 aliphatic rings. The van der Waals surface area contributed by atoms with Crippen LogP contribution in [0.5, 0.6) is 0 Å². The predicted molar refractivity (Wildman–Crippen MR) is 118 cm³/mol. The molecule has 4 aromatic carbocycles. The van der Waals surface area contributed by atoms with Crippen molar-refractivity contribution in [3.05, 3.63) is 91.0 Å². The van der Waals surface area contributed by atoms with E-state index in [1.54, 1.807) is 0 Å². The standard InChI is InChI=1S/C25H20N2/c1-3-20-22(26-19-11-5-4-6-12-19)13-14-23-25(20)21-15-17-9-7-8-10-18(17)16-24(21)27(23)2/h3-16,26H,1H2,2H3. The monoisotopic (exact) mass is 348 g/mol. The molecule has 0 saturated heterocycles. The van der Waals surface area contributed by atoms with Gasteiger partial charge in [-0.05, 0) is 47.2 Å². The average Bonchev–Trinajstić information content (AvgIpc) is 2.99. The van der Waals surface area contributed by atoms with Crippen molar-refractivity contribution in [3.63, 3.8) is 0 Å². The van der Waals surface area contributed by atoms with E-state index in [1.165, 1.54) is 32.6 Å². The van der Waals surface area contributed by atoms with Gasteiger partial charge in [0.1, 0.15) is 0 Å². The van der Waals surface area contributed by atoms with Crippen LogP contribution >= 0.6 is 0 Å². The highest BCUT2D eigenvalue weighted by Gasteiger charge is 2.14. The van der Waals surface area contributed by atoms with Crippen LogP contribution in [-0.4, -0.2) is 4.57 Å². The van der Waals surface area contributed by atoms with Gasteiger partial charge >= 0.3 is 0 Å². The quantitative estimate of drug-likeness (QED) is 0.376. The molecular weight excluding hydrogens is 328 g/mol. The van der Waals surface area contributed by atoms with Gasteiger partial charge in [-0.25, -0.2) is 0 Å². The van der Waals surface area contributed by atoms with Crippen LogP contribution in [0.4, 0.5) is 11.4 Å². The van der Waals surface area contributed by atoms with E-state index in [9.17, 15) is 0 Å². The minimum Gasteiger partial charge on any atom is -0.355 e. The van der Waals surface area contributed by atoms with Crippen LogP contribution in [0.3, 0.4) is 0 Å². The minimum absolute atomic E-state index is 1.07. The van der Waals surface area contributed by atoms with Crippen LogP contribution in [0.2, 0.25) is 0 Å². The summed E-state index contributed by atoms with van der Waals surface area (Å²) in [5, 5.41) is 8.57. The van der Waals surface area contributed by atoms with Gasteiger partial charge in [-0.2, -0.15) is 0 Å². The van der Waals surface area contributed by atoms with Crippen molar-refractivity contribution in [1.82, 2.24) is 4.57 Å². The molecule has 1 N–H and O–H groups in total. The van der Waals surface area contributed by atoms with Crippen LogP contribution in [0, 0.1) is 0 Å². The van der Waals surface area contributed by atoms with Gasteiger partial charge in [-0.1, -0.05) is 55.1 Å². The second-order valence-electron chi connectivity index (χ2n) is 6.89. The van der Waals surface area contributed by atoms with E-state index in [0.717, 1.165) is 16.9 Å². The molecule has 0 bridgehead atoms. The summed E-state index contributed by atoms with van der Waals surface area (Å²) in [6.45, 7) is 4.11. The number of aryl methyl sites for hydroxylation is 1. The van der Waals surface area contributed by atoms with Crippen molar-refractivity contribution < 1.29 is 0 Å². The second kappa shape index (κ2) is 6.03. The number of rotatable bonds is 3. The largest absolute Gasteiger partial charge is 0.355 e. The van der Waals surface area contributed by atoms with Gasteiger partial charge in [0.25, 0.3) is 0 Å². The first-order valence-electron chi connectivity index (χ1n) is 9.14. The zero-order valence-corrected chi connectivity index (χ0v) is 15.2. The molecule has 0 fully saturated rings. The van der Waals surface area contributed by atoms with E-state index >= 15 is 0 Å². The van der Waals surface area contributed by atoms with Gasteiger partial charge in [-0.15, -0.1) is 0 Å². The molecule has 1 heterocycles. The molecule has 0 atom stereocenters. The summed E-state index contributed by atoms with van der Waals surface area (Å²) in [7, 11) is 2.14. The van der Waals surface area contributed by atoms with E-state index in [1.807, 2.05) is 24.3 Å². The molecule has 0 saturated carbocycles. The molecule has 0 radical (unpaired) electrons. The number of para-hydroxylation sites is 1. The number of nitrogens with one attached hydrogen (secondary N) is 1. The Bertz CT molecular complexity index is 1310. The minimum atomic E-state index is 1.07. The number of hydrogen-bond acceptors (Lipinski definition) is 1. The summed E-state index contributed by atoms with van der Waals surface area (Å²) in [5.41, 5.74) is 5.74. The first kappa shape index (κ1) is 15.7. The molecule has 130 valence electrons. The third-order valence-electron chi connectivity index (χ3n) is 5.34. The lowest BCUT2D eigenvalue weighted by Gasteiger charge is -2.11. The Morgan fingerprint density at radius 3 is 2.26 bits per heavy atom. The van der Waals surface area contributed by atoms with Gasteiger partial charge in [-0.3, -0.25) is 0 Å². The molecule has 5 aromatic rings. The van der Waals surface area contributed by atoms with Crippen molar-refractivity contribution in [1.29, 1.82) is 0 Å². The first-order valence-corrected chi connectivity index (χ1v) is 9.14. The second-order valence-corrected chi connectivity index (χ2v) is 6.89. The van der Waals surface area contributed by atoms with Crippen LogP contribution in [0.15, 0.2) is 85.4 Å². The molecule has 2 nitrogen and oxygen atoms in total. The molecule has 5 rings (SSSR count). The number of hydrogen-bond donors (Lipinski definition) is 1. The number of anilines is 2. The van der Waals surface area contributed by atoms with E-state index in [-0.39, 0.29) is 0 Å². The summed E-state index contributed by atoms with van der Waals surface area (Å²) < 4.78 is 2.27. The lowest BCUT2D eigenvalue weighted by atomic mass is 10.0. The fraction of sp³-hybridized carbons (Fsp3) is 0.0400. The molecule has 0 aliphatic heterocycles.